The van der Waals surface area contributed by atoms with Crippen LogP contribution in [0.15, 0.2) is 18.2 Å². The molecule has 0 radical (unpaired) electrons. The van der Waals surface area contributed by atoms with Crippen LogP contribution in [0.5, 0.6) is 0 Å². The van der Waals surface area contributed by atoms with Crippen LogP contribution in [-0.2, 0) is 15.9 Å². The van der Waals surface area contributed by atoms with Crippen LogP contribution in [-0.4, -0.2) is 38.2 Å². The normalized spacial score (nSPS) is 22.0. The lowest BCUT2D eigenvalue weighted by molar-refractivity contribution is 0.0718. The summed E-state index contributed by atoms with van der Waals surface area (Å²) >= 11 is 0. The zero-order valence-corrected chi connectivity index (χ0v) is 12.1. The van der Waals surface area contributed by atoms with E-state index < -0.39 is 0 Å². The van der Waals surface area contributed by atoms with Gasteiger partial charge in [0.25, 0.3) is 0 Å². The van der Waals surface area contributed by atoms with Crippen LogP contribution in [0, 0.1) is 0 Å². The van der Waals surface area contributed by atoms with Crippen LogP contribution in [0.1, 0.15) is 35.2 Å². The van der Waals surface area contributed by atoms with Crippen LogP contribution >= 0.6 is 0 Å². The number of hydrogen-bond donors (Lipinski definition) is 0. The molecule has 1 atom stereocenters. The van der Waals surface area contributed by atoms with Crippen LogP contribution < -0.4 is 4.90 Å². The Balaban J connectivity index is 1.85. The number of nitrogens with zero attached hydrogens (tertiary/aromatic N) is 1. The quantitative estimate of drug-likeness (QED) is 0.802. The van der Waals surface area contributed by atoms with Gasteiger partial charge in [0.05, 0.1) is 13.2 Å². The van der Waals surface area contributed by atoms with Gasteiger partial charge in [-0.1, -0.05) is 0 Å². The Hall–Kier alpha value is -1.88. The molecule has 2 aliphatic rings. The number of hydrogen-bond acceptors (Lipinski definition) is 4. The number of rotatable bonds is 3. The number of amides is 1. The number of methoxy groups -OCH3 is 1. The molecule has 1 aliphatic heterocycles. The van der Waals surface area contributed by atoms with Crippen molar-refractivity contribution in [3.8, 4) is 0 Å². The molecular weight excluding hydrogens is 270 g/mol. The maximum atomic E-state index is 12.0. The van der Waals surface area contributed by atoms with Crippen LogP contribution in [0.2, 0.25) is 0 Å². The maximum absolute atomic E-state index is 12.0. The van der Waals surface area contributed by atoms with Crippen molar-refractivity contribution < 1.29 is 19.1 Å². The van der Waals surface area contributed by atoms with Gasteiger partial charge in [-0.2, -0.15) is 0 Å². The summed E-state index contributed by atoms with van der Waals surface area (Å²) in [7, 11) is 1.59. The number of Topliss-reactive ketones (excluding diaryl/α,β-unsaturated/α-hetero) is 1. The Kier molecular flexibility index (Phi) is 3.92. The summed E-state index contributed by atoms with van der Waals surface area (Å²) in [6, 6.07) is 5.63. The molecule has 0 bridgehead atoms. The average Bonchev–Trinajstić information content (AvgIpc) is 2.73. The summed E-state index contributed by atoms with van der Waals surface area (Å²) < 4.78 is 10.3. The van der Waals surface area contributed by atoms with Gasteiger partial charge >= 0.3 is 6.09 Å². The van der Waals surface area contributed by atoms with Crippen molar-refractivity contribution in [1.82, 2.24) is 0 Å². The van der Waals surface area contributed by atoms with E-state index in [4.69, 9.17) is 9.47 Å². The van der Waals surface area contributed by atoms with Crippen molar-refractivity contribution in [2.45, 2.75) is 31.8 Å². The fourth-order valence-corrected chi connectivity index (χ4v) is 2.97. The van der Waals surface area contributed by atoms with Gasteiger partial charge < -0.3 is 9.47 Å². The largest absolute Gasteiger partial charge is 0.441 e. The first-order valence-corrected chi connectivity index (χ1v) is 7.32. The first-order valence-electron chi connectivity index (χ1n) is 7.32. The third kappa shape index (κ3) is 2.78. The average molecular weight is 289 g/mol. The Morgan fingerprint density at radius 3 is 2.90 bits per heavy atom. The number of ether oxygens (including phenoxy) is 2. The minimum absolute atomic E-state index is 0.204. The first-order chi connectivity index (χ1) is 10.2. The molecule has 3 rings (SSSR count). The minimum atomic E-state index is -0.350. The second-order valence-corrected chi connectivity index (χ2v) is 5.54. The monoisotopic (exact) mass is 289 g/mol. The zero-order chi connectivity index (χ0) is 14.8. The standard InChI is InChI=1S/C16H19NO4/c1-20-10-13-9-17(16(19)21-13)12-6-7-14-11(8-12)4-2-3-5-15(14)18/h6-8,13H,2-5,9-10H2,1H3. The molecule has 1 heterocycles. The fraction of sp³-hybridized carbons (Fsp3) is 0.500. The highest BCUT2D eigenvalue weighted by atomic mass is 16.6. The molecule has 0 spiro atoms. The number of carbonyl (C=O) groups is 2. The third-order valence-corrected chi connectivity index (χ3v) is 4.03. The lowest BCUT2D eigenvalue weighted by Gasteiger charge is -2.15. The summed E-state index contributed by atoms with van der Waals surface area (Å²) in [6.45, 7) is 0.880. The Morgan fingerprint density at radius 1 is 1.29 bits per heavy atom. The third-order valence-electron chi connectivity index (χ3n) is 4.03. The van der Waals surface area contributed by atoms with Crippen molar-refractivity contribution in [2.24, 2.45) is 0 Å². The molecular formula is C16H19NO4. The predicted octanol–water partition coefficient (Wildman–Crippen LogP) is 2.57. The molecule has 1 aliphatic carbocycles. The number of cyclic esters (lactones) is 1. The molecule has 1 amide bonds. The molecule has 112 valence electrons. The van der Waals surface area contributed by atoms with Gasteiger partial charge in [-0.15, -0.1) is 0 Å². The Bertz CT molecular complexity index is 569. The van der Waals surface area contributed by atoms with E-state index >= 15 is 0 Å². The van der Waals surface area contributed by atoms with Gasteiger partial charge in [0, 0.05) is 24.8 Å². The number of carbonyl (C=O) groups excluding carboxylic acids is 2. The molecule has 0 aromatic heterocycles. The predicted molar refractivity (Wildman–Crippen MR) is 77.8 cm³/mol. The molecule has 5 heteroatoms. The highest BCUT2D eigenvalue weighted by molar-refractivity contribution is 5.99. The molecule has 1 unspecified atom stereocenters. The van der Waals surface area contributed by atoms with Gasteiger partial charge in [-0.3, -0.25) is 9.69 Å². The zero-order valence-electron chi connectivity index (χ0n) is 12.1. The molecule has 1 aromatic rings. The summed E-state index contributed by atoms with van der Waals surface area (Å²) in [5, 5.41) is 0. The van der Waals surface area contributed by atoms with E-state index in [0.717, 1.165) is 36.1 Å². The number of aryl methyl sites for hydroxylation is 1. The van der Waals surface area contributed by atoms with E-state index in [1.807, 2.05) is 18.2 Å². The van der Waals surface area contributed by atoms with Crippen LogP contribution in [0.25, 0.3) is 0 Å². The van der Waals surface area contributed by atoms with Crippen molar-refractivity contribution in [3.63, 3.8) is 0 Å². The van der Waals surface area contributed by atoms with E-state index in [1.165, 1.54) is 0 Å². The maximum Gasteiger partial charge on any atom is 0.414 e. The first kappa shape index (κ1) is 14.1. The van der Waals surface area contributed by atoms with Crippen molar-refractivity contribution in [3.05, 3.63) is 29.3 Å². The summed E-state index contributed by atoms with van der Waals surface area (Å²) in [5.74, 6) is 0.204. The van der Waals surface area contributed by atoms with Gasteiger partial charge in [0.1, 0.15) is 6.10 Å². The molecule has 21 heavy (non-hydrogen) atoms. The molecule has 5 nitrogen and oxygen atoms in total. The summed E-state index contributed by atoms with van der Waals surface area (Å²) in [5.41, 5.74) is 2.64. The van der Waals surface area contributed by atoms with E-state index in [2.05, 4.69) is 0 Å². The number of anilines is 1. The smallest absolute Gasteiger partial charge is 0.414 e. The molecule has 1 saturated heterocycles. The van der Waals surface area contributed by atoms with Gasteiger partial charge in [0.15, 0.2) is 5.78 Å². The Labute approximate surface area is 123 Å². The van der Waals surface area contributed by atoms with E-state index in [1.54, 1.807) is 12.0 Å². The summed E-state index contributed by atoms with van der Waals surface area (Å²) in [6.07, 6.45) is 2.87. The second-order valence-electron chi connectivity index (χ2n) is 5.54. The molecule has 1 fully saturated rings. The second kappa shape index (κ2) is 5.85. The molecule has 0 N–H and O–H groups in total. The number of ketones is 1. The highest BCUT2D eigenvalue weighted by Gasteiger charge is 2.32. The highest BCUT2D eigenvalue weighted by Crippen LogP contribution is 2.28. The molecule has 1 aromatic carbocycles. The Morgan fingerprint density at radius 2 is 2.10 bits per heavy atom. The summed E-state index contributed by atoms with van der Waals surface area (Å²) in [4.78, 5) is 25.6. The van der Waals surface area contributed by atoms with E-state index in [0.29, 0.717) is 19.6 Å². The van der Waals surface area contributed by atoms with E-state index in [9.17, 15) is 9.59 Å². The van der Waals surface area contributed by atoms with Gasteiger partial charge in [-0.05, 0) is 43.0 Å². The van der Waals surface area contributed by atoms with Crippen LogP contribution in [0.3, 0.4) is 0 Å². The number of fused-ring (bicyclic) bond motifs is 1. The van der Waals surface area contributed by atoms with Crippen molar-refractivity contribution in [1.29, 1.82) is 0 Å². The SMILES string of the molecule is COCC1CN(c2ccc3c(c2)CCCCC3=O)C(=O)O1. The van der Waals surface area contributed by atoms with E-state index in [-0.39, 0.29) is 18.0 Å². The van der Waals surface area contributed by atoms with Gasteiger partial charge in [0.2, 0.25) is 0 Å². The number of benzene rings is 1. The molecule has 0 saturated carbocycles. The van der Waals surface area contributed by atoms with Crippen molar-refractivity contribution in [2.75, 3.05) is 25.2 Å². The topological polar surface area (TPSA) is 55.8 Å². The van der Waals surface area contributed by atoms with Crippen LogP contribution in [0.4, 0.5) is 10.5 Å². The van der Waals surface area contributed by atoms with Crippen molar-refractivity contribution >= 4 is 17.6 Å². The lowest BCUT2D eigenvalue weighted by atomic mass is 10.0. The lowest BCUT2D eigenvalue weighted by Crippen LogP contribution is -2.26. The fourth-order valence-electron chi connectivity index (χ4n) is 2.97. The van der Waals surface area contributed by atoms with Gasteiger partial charge in [-0.25, -0.2) is 4.79 Å². The minimum Gasteiger partial charge on any atom is -0.441 e.